The molecule has 0 radical (unpaired) electrons. The van der Waals surface area contributed by atoms with Gasteiger partial charge in [-0.05, 0) is 38.4 Å². The number of aliphatic hydroxyl groups is 1. The number of likely N-dealkylation sites (tertiary alicyclic amines) is 1. The van der Waals surface area contributed by atoms with Gasteiger partial charge in [-0.15, -0.1) is 0 Å². The first-order chi connectivity index (χ1) is 10.1. The van der Waals surface area contributed by atoms with Crippen LogP contribution >= 0.6 is 0 Å². The van der Waals surface area contributed by atoms with Crippen molar-refractivity contribution in [1.29, 1.82) is 5.26 Å². The molecule has 0 bridgehead atoms. The number of rotatable bonds is 4. The van der Waals surface area contributed by atoms with Gasteiger partial charge in [0, 0.05) is 6.54 Å². The molecule has 114 valence electrons. The van der Waals surface area contributed by atoms with E-state index in [2.05, 4.69) is 4.90 Å². The average molecular weight is 291 g/mol. The number of carbonyl (C=O) groups is 2. The number of amides is 2. The lowest BCUT2D eigenvalue weighted by Crippen LogP contribution is -2.50. The molecular formula is C15H21N3O3. The van der Waals surface area contributed by atoms with Crippen LogP contribution in [0.1, 0.15) is 26.2 Å². The van der Waals surface area contributed by atoms with Gasteiger partial charge in [-0.25, -0.2) is 0 Å². The fourth-order valence-electron chi connectivity index (χ4n) is 3.01. The van der Waals surface area contributed by atoms with Gasteiger partial charge in [0.1, 0.15) is 11.6 Å². The van der Waals surface area contributed by atoms with Crippen LogP contribution in [0.15, 0.2) is 11.1 Å². The molecule has 0 aliphatic carbocycles. The molecule has 1 unspecified atom stereocenters. The molecule has 1 atom stereocenters. The van der Waals surface area contributed by atoms with Crippen molar-refractivity contribution in [2.75, 3.05) is 32.8 Å². The highest BCUT2D eigenvalue weighted by molar-refractivity contribution is 6.11. The maximum absolute atomic E-state index is 12.5. The summed E-state index contributed by atoms with van der Waals surface area (Å²) in [7, 11) is 0. The highest BCUT2D eigenvalue weighted by Gasteiger charge is 2.39. The van der Waals surface area contributed by atoms with Gasteiger partial charge in [-0.1, -0.05) is 6.42 Å². The van der Waals surface area contributed by atoms with E-state index in [9.17, 15) is 14.9 Å². The fraction of sp³-hybridized carbons (Fsp3) is 0.667. The third-order valence-electron chi connectivity index (χ3n) is 4.27. The maximum atomic E-state index is 12.5. The molecule has 0 aromatic rings. The molecule has 2 amide bonds. The van der Waals surface area contributed by atoms with Gasteiger partial charge in [0.25, 0.3) is 5.91 Å². The van der Waals surface area contributed by atoms with Crippen LogP contribution in [-0.4, -0.2) is 59.5 Å². The minimum Gasteiger partial charge on any atom is -0.395 e. The van der Waals surface area contributed by atoms with Crippen LogP contribution in [0, 0.1) is 17.2 Å². The zero-order valence-electron chi connectivity index (χ0n) is 12.3. The van der Waals surface area contributed by atoms with E-state index >= 15 is 0 Å². The standard InChI is InChI=1S/C15H21N3O3/c1-11-12(9-16)14(20)18(7-8-19)15(21)13(11)10-17-5-3-2-4-6-17/h13,19H,2-8,10H2,1H3. The maximum Gasteiger partial charge on any atom is 0.271 e. The van der Waals surface area contributed by atoms with E-state index in [-0.39, 0.29) is 24.6 Å². The predicted molar refractivity (Wildman–Crippen MR) is 75.9 cm³/mol. The summed E-state index contributed by atoms with van der Waals surface area (Å²) >= 11 is 0. The zero-order valence-corrected chi connectivity index (χ0v) is 12.3. The van der Waals surface area contributed by atoms with Crippen LogP contribution in [0.25, 0.3) is 0 Å². The Balaban J connectivity index is 2.24. The molecular weight excluding hydrogens is 270 g/mol. The molecule has 2 heterocycles. The number of aliphatic hydroxyl groups excluding tert-OH is 1. The molecule has 2 aliphatic rings. The highest BCUT2D eigenvalue weighted by Crippen LogP contribution is 2.27. The molecule has 21 heavy (non-hydrogen) atoms. The Hall–Kier alpha value is -1.71. The normalized spacial score (nSPS) is 24.4. The van der Waals surface area contributed by atoms with Crippen LogP contribution in [0.2, 0.25) is 0 Å². The number of nitrogens with zero attached hydrogens (tertiary/aromatic N) is 3. The first-order valence-corrected chi connectivity index (χ1v) is 7.40. The second kappa shape index (κ2) is 6.83. The molecule has 1 N–H and O–H groups in total. The van der Waals surface area contributed by atoms with Gasteiger partial charge >= 0.3 is 0 Å². The van der Waals surface area contributed by atoms with Gasteiger partial charge in [0.15, 0.2) is 0 Å². The van der Waals surface area contributed by atoms with Crippen molar-refractivity contribution in [2.45, 2.75) is 26.2 Å². The van der Waals surface area contributed by atoms with Crippen molar-refractivity contribution in [3.05, 3.63) is 11.1 Å². The second-order valence-corrected chi connectivity index (χ2v) is 5.60. The lowest BCUT2D eigenvalue weighted by molar-refractivity contribution is -0.146. The van der Waals surface area contributed by atoms with Gasteiger partial charge < -0.3 is 10.0 Å². The van der Waals surface area contributed by atoms with E-state index in [1.165, 1.54) is 6.42 Å². The minimum atomic E-state index is -0.580. The Labute approximate surface area is 124 Å². The number of hydrogen-bond donors (Lipinski definition) is 1. The van der Waals surface area contributed by atoms with Gasteiger partial charge in [0.2, 0.25) is 5.91 Å². The summed E-state index contributed by atoms with van der Waals surface area (Å²) in [6.45, 7) is 3.81. The number of piperidine rings is 1. The molecule has 0 aromatic carbocycles. The third kappa shape index (κ3) is 3.14. The summed E-state index contributed by atoms with van der Waals surface area (Å²) < 4.78 is 0. The van der Waals surface area contributed by atoms with Crippen molar-refractivity contribution in [3.63, 3.8) is 0 Å². The molecule has 2 aliphatic heterocycles. The summed E-state index contributed by atoms with van der Waals surface area (Å²) in [6, 6.07) is 1.92. The monoisotopic (exact) mass is 291 g/mol. The molecule has 0 saturated carbocycles. The van der Waals surface area contributed by atoms with Gasteiger partial charge in [-0.2, -0.15) is 5.26 Å². The van der Waals surface area contributed by atoms with E-state index in [1.807, 2.05) is 6.07 Å². The van der Waals surface area contributed by atoms with Crippen LogP contribution in [-0.2, 0) is 9.59 Å². The molecule has 0 aromatic heterocycles. The second-order valence-electron chi connectivity index (χ2n) is 5.60. The Morgan fingerprint density at radius 1 is 1.29 bits per heavy atom. The molecule has 1 saturated heterocycles. The first-order valence-electron chi connectivity index (χ1n) is 7.40. The van der Waals surface area contributed by atoms with Gasteiger partial charge in [0.05, 0.1) is 19.1 Å². The quantitative estimate of drug-likeness (QED) is 0.753. The summed E-state index contributed by atoms with van der Waals surface area (Å²) in [5.41, 5.74) is 0.609. The van der Waals surface area contributed by atoms with E-state index < -0.39 is 11.8 Å². The summed E-state index contributed by atoms with van der Waals surface area (Å²) in [5, 5.41) is 18.2. The Kier molecular flexibility index (Phi) is 5.10. The minimum absolute atomic E-state index is 0.0464. The van der Waals surface area contributed by atoms with Crippen molar-refractivity contribution in [1.82, 2.24) is 9.80 Å². The SMILES string of the molecule is CC1=C(C#N)C(=O)N(CCO)C(=O)C1CN1CCCCC1. The summed E-state index contributed by atoms with van der Waals surface area (Å²) in [4.78, 5) is 27.8. The lowest BCUT2D eigenvalue weighted by atomic mass is 9.89. The van der Waals surface area contributed by atoms with E-state index in [0.29, 0.717) is 12.1 Å². The molecule has 0 spiro atoms. The summed E-state index contributed by atoms with van der Waals surface area (Å²) in [6.07, 6.45) is 3.45. The number of nitriles is 1. The zero-order chi connectivity index (χ0) is 15.4. The van der Waals surface area contributed by atoms with Crippen LogP contribution in [0.4, 0.5) is 0 Å². The summed E-state index contributed by atoms with van der Waals surface area (Å²) in [5.74, 6) is -1.33. The van der Waals surface area contributed by atoms with Crippen LogP contribution in [0.3, 0.4) is 0 Å². The van der Waals surface area contributed by atoms with E-state index in [1.54, 1.807) is 6.92 Å². The third-order valence-corrected chi connectivity index (χ3v) is 4.27. The van der Waals surface area contributed by atoms with Crippen molar-refractivity contribution < 1.29 is 14.7 Å². The largest absolute Gasteiger partial charge is 0.395 e. The van der Waals surface area contributed by atoms with Gasteiger partial charge in [-0.3, -0.25) is 14.5 Å². The lowest BCUT2D eigenvalue weighted by Gasteiger charge is -2.35. The molecule has 1 fully saturated rings. The number of carbonyl (C=O) groups excluding carboxylic acids is 2. The van der Waals surface area contributed by atoms with Crippen molar-refractivity contribution in [3.8, 4) is 6.07 Å². The van der Waals surface area contributed by atoms with Crippen LogP contribution < -0.4 is 0 Å². The smallest absolute Gasteiger partial charge is 0.271 e. The highest BCUT2D eigenvalue weighted by atomic mass is 16.3. The van der Waals surface area contributed by atoms with Crippen molar-refractivity contribution in [2.24, 2.45) is 5.92 Å². The molecule has 6 nitrogen and oxygen atoms in total. The number of imide groups is 1. The Morgan fingerprint density at radius 2 is 1.95 bits per heavy atom. The predicted octanol–water partition coefficient (Wildman–Crippen LogP) is 0.290. The Bertz CT molecular complexity index is 501. The number of hydrogen-bond acceptors (Lipinski definition) is 5. The molecule has 2 rings (SSSR count). The first kappa shape index (κ1) is 15.7. The van der Waals surface area contributed by atoms with E-state index in [0.717, 1.165) is 30.8 Å². The van der Waals surface area contributed by atoms with Crippen LogP contribution in [0.5, 0.6) is 0 Å². The average Bonchev–Trinajstić information content (AvgIpc) is 2.50. The van der Waals surface area contributed by atoms with E-state index in [4.69, 9.17) is 5.11 Å². The topological polar surface area (TPSA) is 84.6 Å². The van der Waals surface area contributed by atoms with Crippen molar-refractivity contribution >= 4 is 11.8 Å². The molecule has 6 heteroatoms. The Morgan fingerprint density at radius 3 is 2.52 bits per heavy atom. The number of β-amino-alcohol motifs (C(OH)–C–C–N with tert-alkyl or cyclic N) is 1. The fourth-order valence-corrected chi connectivity index (χ4v) is 3.01.